The van der Waals surface area contributed by atoms with Gasteiger partial charge >= 0.3 is 0 Å². The lowest BCUT2D eigenvalue weighted by atomic mass is 10.1. The number of aryl methyl sites for hydroxylation is 1. The van der Waals surface area contributed by atoms with Crippen molar-refractivity contribution in [2.75, 3.05) is 12.4 Å². The van der Waals surface area contributed by atoms with Crippen molar-refractivity contribution in [2.45, 2.75) is 13.3 Å². The van der Waals surface area contributed by atoms with Gasteiger partial charge in [0.2, 0.25) is 11.8 Å². The molecular weight excluding hydrogens is 374 g/mol. The van der Waals surface area contributed by atoms with Crippen LogP contribution in [0.1, 0.15) is 21.8 Å². The summed E-state index contributed by atoms with van der Waals surface area (Å²) in [5.41, 5.74) is 1.36. The molecule has 6 nitrogen and oxygen atoms in total. The van der Waals surface area contributed by atoms with Crippen LogP contribution in [0.2, 0.25) is 5.02 Å². The maximum atomic E-state index is 12.3. The van der Waals surface area contributed by atoms with Gasteiger partial charge < -0.3 is 15.1 Å². The molecule has 0 bridgehead atoms. The zero-order valence-corrected chi connectivity index (χ0v) is 15.7. The minimum Gasteiger partial charge on any atom is -0.440 e. The van der Waals surface area contributed by atoms with Crippen LogP contribution >= 0.6 is 22.9 Å². The first-order valence-corrected chi connectivity index (χ1v) is 9.05. The Bertz CT molecular complexity index is 951. The van der Waals surface area contributed by atoms with E-state index in [9.17, 15) is 9.59 Å². The number of thiophene rings is 1. The van der Waals surface area contributed by atoms with E-state index in [1.807, 2.05) is 17.5 Å². The molecule has 3 rings (SSSR count). The Hall–Kier alpha value is -2.64. The molecule has 0 saturated carbocycles. The third kappa shape index (κ3) is 3.95. The predicted octanol–water partition coefficient (Wildman–Crippen LogP) is 3.91. The number of rotatable bonds is 5. The standard InChI is InChI=1S/C18H16ClN3O3S/c1-10-14(22-18(25-10)15-4-3-7-26-15)9-16(23)21-11-5-6-13(19)12(8-11)17(24)20-2/h3-8H,9H2,1-2H3,(H,20,24)(H,21,23). The van der Waals surface area contributed by atoms with Gasteiger partial charge in [0.05, 0.1) is 27.6 Å². The van der Waals surface area contributed by atoms with E-state index in [0.29, 0.717) is 33.6 Å². The monoisotopic (exact) mass is 389 g/mol. The summed E-state index contributed by atoms with van der Waals surface area (Å²) in [6.45, 7) is 1.78. The Labute approximate surface area is 159 Å². The van der Waals surface area contributed by atoms with Gasteiger partial charge in [0, 0.05) is 12.7 Å². The highest BCUT2D eigenvalue weighted by Crippen LogP contribution is 2.26. The first-order valence-electron chi connectivity index (χ1n) is 7.79. The number of hydrogen-bond donors (Lipinski definition) is 2. The molecule has 2 heterocycles. The molecule has 134 valence electrons. The van der Waals surface area contributed by atoms with E-state index in [1.54, 1.807) is 19.1 Å². The zero-order chi connectivity index (χ0) is 18.7. The second kappa shape index (κ2) is 7.72. The lowest BCUT2D eigenvalue weighted by Gasteiger charge is -2.08. The Morgan fingerprint density at radius 3 is 2.81 bits per heavy atom. The molecule has 0 atom stereocenters. The van der Waals surface area contributed by atoms with Gasteiger partial charge in [0.1, 0.15) is 5.76 Å². The van der Waals surface area contributed by atoms with Gasteiger partial charge in [-0.15, -0.1) is 11.3 Å². The average molecular weight is 390 g/mol. The molecule has 2 N–H and O–H groups in total. The Kier molecular flexibility index (Phi) is 5.39. The van der Waals surface area contributed by atoms with Crippen molar-refractivity contribution in [3.8, 4) is 10.8 Å². The van der Waals surface area contributed by atoms with Crippen LogP contribution in [0.15, 0.2) is 40.1 Å². The number of oxazole rings is 1. The van der Waals surface area contributed by atoms with Gasteiger partial charge in [-0.05, 0) is 36.6 Å². The fourth-order valence-corrected chi connectivity index (χ4v) is 3.22. The molecule has 0 saturated heterocycles. The molecule has 0 radical (unpaired) electrons. The Morgan fingerprint density at radius 1 is 1.31 bits per heavy atom. The Morgan fingerprint density at radius 2 is 2.12 bits per heavy atom. The SMILES string of the molecule is CNC(=O)c1cc(NC(=O)Cc2nc(-c3cccs3)oc2C)ccc1Cl. The van der Waals surface area contributed by atoms with Gasteiger partial charge in [-0.1, -0.05) is 17.7 Å². The molecule has 3 aromatic rings. The smallest absolute Gasteiger partial charge is 0.252 e. The summed E-state index contributed by atoms with van der Waals surface area (Å²) in [6.07, 6.45) is 0.0681. The number of nitrogens with one attached hydrogen (secondary N) is 2. The van der Waals surface area contributed by atoms with Crippen molar-refractivity contribution in [3.63, 3.8) is 0 Å². The van der Waals surface area contributed by atoms with Gasteiger partial charge in [-0.25, -0.2) is 4.98 Å². The molecule has 26 heavy (non-hydrogen) atoms. The molecule has 2 amide bonds. The van der Waals surface area contributed by atoms with Crippen molar-refractivity contribution < 1.29 is 14.0 Å². The third-order valence-corrected chi connectivity index (χ3v) is 4.86. The van der Waals surface area contributed by atoms with Gasteiger partial charge in [0.15, 0.2) is 0 Å². The predicted molar refractivity (Wildman–Crippen MR) is 102 cm³/mol. The van der Waals surface area contributed by atoms with Crippen LogP contribution in [-0.4, -0.2) is 23.8 Å². The minimum atomic E-state index is -0.320. The molecule has 0 aliphatic heterocycles. The van der Waals surface area contributed by atoms with Crippen molar-refractivity contribution in [2.24, 2.45) is 0 Å². The molecule has 0 aliphatic carbocycles. The second-order valence-corrected chi connectivity index (χ2v) is 6.85. The molecule has 0 unspecified atom stereocenters. The summed E-state index contributed by atoms with van der Waals surface area (Å²) >= 11 is 7.53. The van der Waals surface area contributed by atoms with Crippen molar-refractivity contribution in [1.82, 2.24) is 10.3 Å². The fourth-order valence-electron chi connectivity index (χ4n) is 2.37. The maximum absolute atomic E-state index is 12.3. The lowest BCUT2D eigenvalue weighted by molar-refractivity contribution is -0.115. The largest absolute Gasteiger partial charge is 0.440 e. The Balaban J connectivity index is 1.73. The zero-order valence-electron chi connectivity index (χ0n) is 14.1. The van der Waals surface area contributed by atoms with E-state index >= 15 is 0 Å². The van der Waals surface area contributed by atoms with Crippen LogP contribution in [0.25, 0.3) is 10.8 Å². The lowest BCUT2D eigenvalue weighted by Crippen LogP contribution is -2.19. The van der Waals surface area contributed by atoms with Crippen LogP contribution in [0.4, 0.5) is 5.69 Å². The number of carbonyl (C=O) groups is 2. The van der Waals surface area contributed by atoms with E-state index in [-0.39, 0.29) is 18.2 Å². The summed E-state index contributed by atoms with van der Waals surface area (Å²) in [5.74, 6) is 0.530. The van der Waals surface area contributed by atoms with Crippen LogP contribution in [-0.2, 0) is 11.2 Å². The highest BCUT2D eigenvalue weighted by atomic mass is 35.5. The molecule has 0 aliphatic rings. The summed E-state index contributed by atoms with van der Waals surface area (Å²) in [4.78, 5) is 29.4. The van der Waals surface area contributed by atoms with E-state index in [2.05, 4.69) is 15.6 Å². The van der Waals surface area contributed by atoms with Crippen molar-refractivity contribution in [3.05, 3.63) is 57.8 Å². The van der Waals surface area contributed by atoms with Gasteiger partial charge in [-0.3, -0.25) is 9.59 Å². The van der Waals surface area contributed by atoms with Crippen molar-refractivity contribution in [1.29, 1.82) is 0 Å². The number of carbonyl (C=O) groups excluding carboxylic acids is 2. The minimum absolute atomic E-state index is 0.0681. The molecule has 1 aromatic carbocycles. The topological polar surface area (TPSA) is 84.2 Å². The van der Waals surface area contributed by atoms with Crippen LogP contribution in [0.5, 0.6) is 0 Å². The van der Waals surface area contributed by atoms with E-state index in [4.69, 9.17) is 16.0 Å². The quantitative estimate of drug-likeness (QED) is 0.693. The summed E-state index contributed by atoms with van der Waals surface area (Å²) in [7, 11) is 1.52. The number of hydrogen-bond acceptors (Lipinski definition) is 5. The molecule has 2 aromatic heterocycles. The fraction of sp³-hybridized carbons (Fsp3) is 0.167. The molecule has 8 heteroatoms. The molecule has 0 fully saturated rings. The van der Waals surface area contributed by atoms with Crippen LogP contribution < -0.4 is 10.6 Å². The summed E-state index contributed by atoms with van der Waals surface area (Å²) < 4.78 is 5.64. The van der Waals surface area contributed by atoms with Crippen molar-refractivity contribution >= 4 is 40.4 Å². The first-order chi connectivity index (χ1) is 12.5. The normalized spacial score (nSPS) is 10.6. The van der Waals surface area contributed by atoms with E-state index in [0.717, 1.165) is 4.88 Å². The second-order valence-electron chi connectivity index (χ2n) is 5.50. The number of halogens is 1. The van der Waals surface area contributed by atoms with Crippen LogP contribution in [0, 0.1) is 6.92 Å². The van der Waals surface area contributed by atoms with E-state index in [1.165, 1.54) is 24.5 Å². The van der Waals surface area contributed by atoms with E-state index < -0.39 is 0 Å². The summed E-state index contributed by atoms with van der Waals surface area (Å²) in [6, 6.07) is 8.56. The first kappa shape index (κ1) is 18.2. The third-order valence-electron chi connectivity index (χ3n) is 3.67. The van der Waals surface area contributed by atoms with Gasteiger partial charge in [-0.2, -0.15) is 0 Å². The number of anilines is 1. The molecular formula is C18H16ClN3O3S. The highest BCUT2D eigenvalue weighted by Gasteiger charge is 2.16. The maximum Gasteiger partial charge on any atom is 0.252 e. The summed E-state index contributed by atoms with van der Waals surface area (Å²) in [5, 5.41) is 7.51. The van der Waals surface area contributed by atoms with Crippen LogP contribution in [0.3, 0.4) is 0 Å². The number of nitrogens with zero attached hydrogens (tertiary/aromatic N) is 1. The van der Waals surface area contributed by atoms with Gasteiger partial charge in [0.25, 0.3) is 5.91 Å². The average Bonchev–Trinajstić information content (AvgIpc) is 3.26. The number of aromatic nitrogens is 1. The molecule has 0 spiro atoms. The highest BCUT2D eigenvalue weighted by molar-refractivity contribution is 7.13. The number of amides is 2. The number of benzene rings is 1.